The number of hydrogen-bond acceptors (Lipinski definition) is 3. The molecule has 0 aliphatic rings. The molecule has 0 spiro atoms. The highest BCUT2D eigenvalue weighted by molar-refractivity contribution is 7.98. The van der Waals surface area contributed by atoms with Gasteiger partial charge in [-0.05, 0) is 6.26 Å². The van der Waals surface area contributed by atoms with Gasteiger partial charge in [-0.3, -0.25) is 4.79 Å². The average molecular weight is 156 g/mol. The van der Waals surface area contributed by atoms with Crippen LogP contribution in [0.2, 0.25) is 0 Å². The van der Waals surface area contributed by atoms with Gasteiger partial charge in [0.2, 0.25) is 5.91 Å². The first kappa shape index (κ1) is 7.34. The molecule has 4 heteroatoms. The molecule has 0 N–H and O–H groups in total. The molecule has 10 heavy (non-hydrogen) atoms. The zero-order chi connectivity index (χ0) is 7.56. The minimum atomic E-state index is -0.0553. The van der Waals surface area contributed by atoms with Gasteiger partial charge in [-0.2, -0.15) is 5.10 Å². The summed E-state index contributed by atoms with van der Waals surface area (Å²) in [4.78, 5) is 11.7. The summed E-state index contributed by atoms with van der Waals surface area (Å²) in [5.74, 6) is -0.0553. The van der Waals surface area contributed by atoms with Gasteiger partial charge < -0.3 is 0 Å². The Balaban J connectivity index is 2.88. The van der Waals surface area contributed by atoms with Crippen LogP contribution in [0.25, 0.3) is 0 Å². The maximum Gasteiger partial charge on any atom is 0.243 e. The Hall–Kier alpha value is -0.770. The van der Waals surface area contributed by atoms with Crippen molar-refractivity contribution in [2.75, 3.05) is 6.26 Å². The van der Waals surface area contributed by atoms with E-state index in [1.807, 2.05) is 6.26 Å². The molecule has 1 aromatic heterocycles. The van der Waals surface area contributed by atoms with Crippen molar-refractivity contribution in [3.05, 3.63) is 12.4 Å². The molecule has 0 aliphatic heterocycles. The van der Waals surface area contributed by atoms with Crippen molar-refractivity contribution in [3.8, 4) is 0 Å². The van der Waals surface area contributed by atoms with Crippen LogP contribution in [0.3, 0.4) is 0 Å². The maximum absolute atomic E-state index is 10.7. The summed E-state index contributed by atoms with van der Waals surface area (Å²) in [6, 6.07) is 0. The van der Waals surface area contributed by atoms with Crippen molar-refractivity contribution >= 4 is 17.7 Å². The minimum Gasteiger partial charge on any atom is -0.273 e. The standard InChI is InChI=1S/C6H8N2OS/c1-5(9)8-4-6(10-2)3-7-8/h3-4H,1-2H3. The van der Waals surface area contributed by atoms with E-state index in [9.17, 15) is 4.79 Å². The normalized spacial score (nSPS) is 9.80. The Morgan fingerprint density at radius 1 is 1.80 bits per heavy atom. The first-order chi connectivity index (χ1) is 4.74. The topological polar surface area (TPSA) is 34.9 Å². The third kappa shape index (κ3) is 1.39. The number of nitrogens with zero attached hydrogens (tertiary/aromatic N) is 2. The Kier molecular flexibility index (Phi) is 2.11. The zero-order valence-corrected chi connectivity index (χ0v) is 6.68. The van der Waals surface area contributed by atoms with Gasteiger partial charge in [0.05, 0.1) is 6.20 Å². The molecule has 0 bridgehead atoms. The molecular weight excluding hydrogens is 148 g/mol. The lowest BCUT2D eigenvalue weighted by atomic mass is 10.7. The number of carbonyl (C=O) groups is 1. The van der Waals surface area contributed by atoms with E-state index in [1.54, 1.807) is 24.2 Å². The highest BCUT2D eigenvalue weighted by Gasteiger charge is 1.98. The summed E-state index contributed by atoms with van der Waals surface area (Å²) in [5, 5.41) is 3.83. The van der Waals surface area contributed by atoms with Gasteiger partial charge in [0.1, 0.15) is 0 Å². The van der Waals surface area contributed by atoms with Crippen molar-refractivity contribution in [2.45, 2.75) is 11.8 Å². The number of carbonyl (C=O) groups excluding carboxylic acids is 1. The van der Waals surface area contributed by atoms with Gasteiger partial charge in [-0.1, -0.05) is 0 Å². The van der Waals surface area contributed by atoms with Gasteiger partial charge in [-0.25, -0.2) is 4.68 Å². The SMILES string of the molecule is CSc1cnn(C(C)=O)c1. The Morgan fingerprint density at radius 3 is 2.80 bits per heavy atom. The molecule has 1 rings (SSSR count). The van der Waals surface area contributed by atoms with E-state index in [-0.39, 0.29) is 5.91 Å². The summed E-state index contributed by atoms with van der Waals surface area (Å²) in [7, 11) is 0. The first-order valence-corrected chi connectivity index (χ1v) is 4.06. The Labute approximate surface area is 63.4 Å². The van der Waals surface area contributed by atoms with Gasteiger partial charge in [0, 0.05) is 18.0 Å². The quantitative estimate of drug-likeness (QED) is 0.574. The van der Waals surface area contributed by atoms with Crippen LogP contribution in [-0.2, 0) is 0 Å². The smallest absolute Gasteiger partial charge is 0.243 e. The second kappa shape index (κ2) is 2.88. The Morgan fingerprint density at radius 2 is 2.50 bits per heavy atom. The lowest BCUT2D eigenvalue weighted by Crippen LogP contribution is -2.04. The predicted octanol–water partition coefficient (Wildman–Crippen LogP) is 1.27. The van der Waals surface area contributed by atoms with Crippen molar-refractivity contribution < 1.29 is 4.79 Å². The summed E-state index contributed by atoms with van der Waals surface area (Å²) in [6.07, 6.45) is 5.33. The molecule has 1 aromatic rings. The molecular formula is C6H8N2OS. The van der Waals surface area contributed by atoms with Gasteiger partial charge >= 0.3 is 0 Å². The van der Waals surface area contributed by atoms with Crippen LogP contribution in [-0.4, -0.2) is 21.9 Å². The summed E-state index contributed by atoms with van der Waals surface area (Å²) >= 11 is 1.57. The second-order valence-corrected chi connectivity index (χ2v) is 2.72. The van der Waals surface area contributed by atoms with E-state index in [4.69, 9.17) is 0 Å². The molecule has 0 aromatic carbocycles. The molecule has 54 valence electrons. The van der Waals surface area contributed by atoms with Crippen molar-refractivity contribution in [1.82, 2.24) is 9.78 Å². The highest BCUT2D eigenvalue weighted by atomic mass is 32.2. The van der Waals surface area contributed by atoms with E-state index >= 15 is 0 Å². The van der Waals surface area contributed by atoms with Crippen molar-refractivity contribution in [1.29, 1.82) is 0 Å². The number of thioether (sulfide) groups is 1. The number of hydrogen-bond donors (Lipinski definition) is 0. The summed E-state index contributed by atoms with van der Waals surface area (Å²) in [6.45, 7) is 1.48. The van der Waals surface area contributed by atoms with E-state index in [2.05, 4.69) is 5.10 Å². The summed E-state index contributed by atoms with van der Waals surface area (Å²) in [5.41, 5.74) is 0. The number of aromatic nitrogens is 2. The van der Waals surface area contributed by atoms with Crippen LogP contribution in [0.15, 0.2) is 17.3 Å². The van der Waals surface area contributed by atoms with Crippen LogP contribution < -0.4 is 0 Å². The lowest BCUT2D eigenvalue weighted by molar-refractivity contribution is 0.0921. The van der Waals surface area contributed by atoms with Crippen molar-refractivity contribution in [2.24, 2.45) is 0 Å². The highest BCUT2D eigenvalue weighted by Crippen LogP contribution is 2.11. The molecule has 1 heterocycles. The number of rotatable bonds is 1. The Bertz CT molecular complexity index is 244. The van der Waals surface area contributed by atoms with Gasteiger partial charge in [-0.15, -0.1) is 11.8 Å². The third-order valence-electron chi connectivity index (χ3n) is 1.12. The minimum absolute atomic E-state index is 0.0553. The van der Waals surface area contributed by atoms with E-state index < -0.39 is 0 Å². The van der Waals surface area contributed by atoms with E-state index in [0.29, 0.717) is 0 Å². The fourth-order valence-corrected chi connectivity index (χ4v) is 0.942. The zero-order valence-electron chi connectivity index (χ0n) is 5.87. The molecule has 0 unspecified atom stereocenters. The molecule has 0 saturated heterocycles. The van der Waals surface area contributed by atoms with E-state index in [1.165, 1.54) is 11.6 Å². The van der Waals surface area contributed by atoms with Crippen LogP contribution in [0.5, 0.6) is 0 Å². The summed E-state index contributed by atoms with van der Waals surface area (Å²) < 4.78 is 1.33. The molecule has 0 aliphatic carbocycles. The molecule has 3 nitrogen and oxygen atoms in total. The monoisotopic (exact) mass is 156 g/mol. The third-order valence-corrected chi connectivity index (χ3v) is 1.80. The largest absolute Gasteiger partial charge is 0.273 e. The maximum atomic E-state index is 10.7. The lowest BCUT2D eigenvalue weighted by Gasteiger charge is -1.88. The second-order valence-electron chi connectivity index (χ2n) is 1.84. The van der Waals surface area contributed by atoms with Crippen LogP contribution in [0.4, 0.5) is 0 Å². The molecule has 0 fully saturated rings. The van der Waals surface area contributed by atoms with Crippen LogP contribution >= 0.6 is 11.8 Å². The molecule has 0 atom stereocenters. The molecule has 0 radical (unpaired) electrons. The fourth-order valence-electron chi connectivity index (χ4n) is 0.584. The van der Waals surface area contributed by atoms with Crippen LogP contribution in [0.1, 0.15) is 11.7 Å². The van der Waals surface area contributed by atoms with Crippen LogP contribution in [0, 0.1) is 0 Å². The first-order valence-electron chi connectivity index (χ1n) is 2.83. The van der Waals surface area contributed by atoms with E-state index in [0.717, 1.165) is 4.90 Å². The van der Waals surface area contributed by atoms with Crippen molar-refractivity contribution in [3.63, 3.8) is 0 Å². The van der Waals surface area contributed by atoms with Gasteiger partial charge in [0.25, 0.3) is 0 Å². The predicted molar refractivity (Wildman–Crippen MR) is 40.3 cm³/mol. The molecule has 0 saturated carbocycles. The fraction of sp³-hybridized carbons (Fsp3) is 0.333. The average Bonchev–Trinajstić information content (AvgIpc) is 2.34. The van der Waals surface area contributed by atoms with Gasteiger partial charge in [0.15, 0.2) is 0 Å². The molecule has 0 amide bonds.